The smallest absolute Gasteiger partial charge is 0.0834 e. The molecule has 0 spiro atoms. The van der Waals surface area contributed by atoms with Crippen molar-refractivity contribution in [2.24, 2.45) is 5.92 Å². The zero-order chi connectivity index (χ0) is 6.85. The van der Waals surface area contributed by atoms with Gasteiger partial charge in [-0.05, 0) is 5.92 Å². The lowest BCUT2D eigenvalue weighted by Gasteiger charge is -2.37. The average molecular weight is 130 g/mol. The molecule has 0 aromatic carbocycles. The van der Waals surface area contributed by atoms with Crippen LogP contribution in [0.2, 0.25) is 0 Å². The molecular weight excluding hydrogens is 116 g/mol. The molecular formula is C7H14O2. The fourth-order valence-corrected chi connectivity index (χ4v) is 1.04. The normalized spacial score (nSPS) is 34.7. The van der Waals surface area contributed by atoms with Gasteiger partial charge >= 0.3 is 0 Å². The summed E-state index contributed by atoms with van der Waals surface area (Å²) in [6.45, 7) is 4.46. The third kappa shape index (κ3) is 1.43. The van der Waals surface area contributed by atoms with Crippen molar-refractivity contribution >= 4 is 0 Å². The highest BCUT2D eigenvalue weighted by atomic mass is 16.5. The molecule has 1 aliphatic heterocycles. The Morgan fingerprint density at radius 2 is 2.22 bits per heavy atom. The Hall–Kier alpha value is -0.0800. The number of hydrogen-bond donors (Lipinski definition) is 1. The van der Waals surface area contributed by atoms with E-state index in [1.807, 2.05) is 0 Å². The van der Waals surface area contributed by atoms with E-state index in [2.05, 4.69) is 13.8 Å². The van der Waals surface area contributed by atoms with Crippen molar-refractivity contribution in [1.29, 1.82) is 0 Å². The molecule has 2 heteroatoms. The molecule has 1 heterocycles. The highest BCUT2D eigenvalue weighted by Gasteiger charge is 2.31. The van der Waals surface area contributed by atoms with Crippen molar-refractivity contribution in [2.45, 2.75) is 32.5 Å². The molecule has 0 aromatic rings. The Morgan fingerprint density at radius 3 is 2.56 bits per heavy atom. The van der Waals surface area contributed by atoms with E-state index in [0.29, 0.717) is 12.0 Å². The van der Waals surface area contributed by atoms with Gasteiger partial charge in [-0.2, -0.15) is 0 Å². The van der Waals surface area contributed by atoms with Crippen LogP contribution in [-0.4, -0.2) is 23.9 Å². The van der Waals surface area contributed by atoms with Crippen molar-refractivity contribution in [1.82, 2.24) is 0 Å². The van der Waals surface area contributed by atoms with Crippen molar-refractivity contribution in [3.63, 3.8) is 0 Å². The van der Waals surface area contributed by atoms with Crippen LogP contribution in [0.5, 0.6) is 0 Å². The molecule has 1 aliphatic rings. The first-order valence-corrected chi connectivity index (χ1v) is 3.50. The lowest BCUT2D eigenvalue weighted by atomic mass is 9.95. The highest BCUT2D eigenvalue weighted by Crippen LogP contribution is 2.25. The number of hydrogen-bond acceptors (Lipinski definition) is 2. The predicted octanol–water partition coefficient (Wildman–Crippen LogP) is 0.792. The van der Waals surface area contributed by atoms with Crippen molar-refractivity contribution in [3.05, 3.63) is 0 Å². The molecule has 0 aliphatic carbocycles. The second-order valence-electron chi connectivity index (χ2n) is 2.96. The van der Waals surface area contributed by atoms with Gasteiger partial charge < -0.3 is 9.84 Å². The summed E-state index contributed by atoms with van der Waals surface area (Å²) in [5.74, 6) is 0.604. The van der Waals surface area contributed by atoms with Crippen LogP contribution in [0.3, 0.4) is 0 Å². The first-order valence-electron chi connectivity index (χ1n) is 3.50. The quantitative estimate of drug-likeness (QED) is 0.599. The second kappa shape index (κ2) is 2.67. The van der Waals surface area contributed by atoms with Crippen LogP contribution in [0.4, 0.5) is 0 Å². The largest absolute Gasteiger partial charge is 0.394 e. The summed E-state index contributed by atoms with van der Waals surface area (Å²) in [6.07, 6.45) is 1.58. The first-order chi connectivity index (χ1) is 4.24. The number of aliphatic hydroxyl groups excluding tert-OH is 1. The first kappa shape index (κ1) is 7.03. The van der Waals surface area contributed by atoms with Gasteiger partial charge in [0.1, 0.15) is 0 Å². The maximum atomic E-state index is 8.56. The van der Waals surface area contributed by atoms with E-state index >= 15 is 0 Å². The number of ether oxygens (including phenoxy) is 1. The minimum absolute atomic E-state index is 0.136. The van der Waals surface area contributed by atoms with E-state index in [9.17, 15) is 0 Å². The molecule has 0 radical (unpaired) electrons. The zero-order valence-corrected chi connectivity index (χ0v) is 6.00. The third-order valence-corrected chi connectivity index (χ3v) is 1.81. The summed E-state index contributed by atoms with van der Waals surface area (Å²) in [5.41, 5.74) is 0. The third-order valence-electron chi connectivity index (χ3n) is 1.81. The summed E-state index contributed by atoms with van der Waals surface area (Å²) >= 11 is 0. The van der Waals surface area contributed by atoms with Gasteiger partial charge in [0.05, 0.1) is 18.8 Å². The van der Waals surface area contributed by atoms with Crippen molar-refractivity contribution in [3.8, 4) is 0 Å². The van der Waals surface area contributed by atoms with Gasteiger partial charge in [0, 0.05) is 6.42 Å². The van der Waals surface area contributed by atoms with Crippen LogP contribution in [0.1, 0.15) is 20.3 Å². The summed E-state index contributed by atoms with van der Waals surface area (Å²) in [5, 5.41) is 8.56. The average Bonchev–Trinajstić information content (AvgIpc) is 1.61. The maximum absolute atomic E-state index is 8.56. The topological polar surface area (TPSA) is 29.5 Å². The molecule has 1 saturated heterocycles. The molecule has 2 unspecified atom stereocenters. The number of rotatable bonds is 2. The van der Waals surface area contributed by atoms with E-state index in [-0.39, 0.29) is 12.7 Å². The Balaban J connectivity index is 2.12. The molecule has 1 fully saturated rings. The SMILES string of the molecule is CC(C)C1CC(CO)O1. The minimum Gasteiger partial charge on any atom is -0.394 e. The van der Waals surface area contributed by atoms with Gasteiger partial charge in [-0.3, -0.25) is 0 Å². The molecule has 1 rings (SSSR count). The number of aliphatic hydroxyl groups is 1. The molecule has 1 N–H and O–H groups in total. The highest BCUT2D eigenvalue weighted by molar-refractivity contribution is 4.78. The predicted molar refractivity (Wildman–Crippen MR) is 35.2 cm³/mol. The van der Waals surface area contributed by atoms with Gasteiger partial charge in [-0.25, -0.2) is 0 Å². The Labute approximate surface area is 55.8 Å². The van der Waals surface area contributed by atoms with Gasteiger partial charge in [0.15, 0.2) is 0 Å². The standard InChI is InChI=1S/C7H14O2/c1-5(2)7-3-6(4-8)9-7/h5-8H,3-4H2,1-2H3. The van der Waals surface area contributed by atoms with E-state index < -0.39 is 0 Å². The lowest BCUT2D eigenvalue weighted by molar-refractivity contribution is -0.159. The monoisotopic (exact) mass is 130 g/mol. The van der Waals surface area contributed by atoms with Crippen LogP contribution in [-0.2, 0) is 4.74 Å². The summed E-state index contributed by atoms with van der Waals surface area (Å²) in [4.78, 5) is 0. The molecule has 0 aromatic heterocycles. The van der Waals surface area contributed by atoms with E-state index in [1.54, 1.807) is 0 Å². The van der Waals surface area contributed by atoms with Gasteiger partial charge in [0.25, 0.3) is 0 Å². The maximum Gasteiger partial charge on any atom is 0.0834 e. The van der Waals surface area contributed by atoms with Crippen LogP contribution in [0.25, 0.3) is 0 Å². The fraction of sp³-hybridized carbons (Fsp3) is 1.00. The summed E-state index contributed by atoms with van der Waals surface area (Å²) in [6, 6.07) is 0. The van der Waals surface area contributed by atoms with Crippen LogP contribution < -0.4 is 0 Å². The molecule has 0 amide bonds. The molecule has 9 heavy (non-hydrogen) atoms. The Morgan fingerprint density at radius 1 is 1.67 bits per heavy atom. The van der Waals surface area contributed by atoms with Crippen LogP contribution in [0.15, 0.2) is 0 Å². The van der Waals surface area contributed by atoms with E-state index in [4.69, 9.17) is 9.84 Å². The lowest BCUT2D eigenvalue weighted by Crippen LogP contribution is -2.42. The van der Waals surface area contributed by atoms with Gasteiger partial charge in [-0.15, -0.1) is 0 Å². The zero-order valence-electron chi connectivity index (χ0n) is 6.00. The fourth-order valence-electron chi connectivity index (χ4n) is 1.04. The minimum atomic E-state index is 0.136. The van der Waals surface area contributed by atoms with E-state index in [1.165, 1.54) is 0 Å². The van der Waals surface area contributed by atoms with Gasteiger partial charge in [-0.1, -0.05) is 13.8 Å². The van der Waals surface area contributed by atoms with Crippen molar-refractivity contribution in [2.75, 3.05) is 6.61 Å². The van der Waals surface area contributed by atoms with E-state index in [0.717, 1.165) is 6.42 Å². The molecule has 54 valence electrons. The Bertz CT molecular complexity index is 84.9. The molecule has 2 atom stereocenters. The Kier molecular flexibility index (Phi) is 2.09. The van der Waals surface area contributed by atoms with Crippen LogP contribution >= 0.6 is 0 Å². The molecule has 0 bridgehead atoms. The summed E-state index contributed by atoms with van der Waals surface area (Å²) < 4.78 is 5.30. The van der Waals surface area contributed by atoms with Crippen LogP contribution in [0, 0.1) is 5.92 Å². The summed E-state index contributed by atoms with van der Waals surface area (Å²) in [7, 11) is 0. The molecule has 2 nitrogen and oxygen atoms in total. The van der Waals surface area contributed by atoms with Gasteiger partial charge in [0.2, 0.25) is 0 Å². The second-order valence-corrected chi connectivity index (χ2v) is 2.96. The van der Waals surface area contributed by atoms with Crippen molar-refractivity contribution < 1.29 is 9.84 Å². The molecule has 0 saturated carbocycles.